The average molecular weight is 474 g/mol. The van der Waals surface area contributed by atoms with Crippen LogP contribution in [0.25, 0.3) is 0 Å². The van der Waals surface area contributed by atoms with Crippen molar-refractivity contribution >= 4 is 31.5 Å². The molecule has 0 bridgehead atoms. The summed E-state index contributed by atoms with van der Waals surface area (Å²) < 4.78 is 77.6. The van der Waals surface area contributed by atoms with Gasteiger partial charge in [-0.2, -0.15) is 0 Å². The minimum atomic E-state index is -4.22. The van der Waals surface area contributed by atoms with Crippen molar-refractivity contribution in [1.29, 1.82) is 0 Å². The molecular weight excluding hydrogens is 457 g/mol. The molecule has 30 heavy (non-hydrogen) atoms. The van der Waals surface area contributed by atoms with Crippen LogP contribution in [0.4, 0.5) is 4.39 Å². The quantitative estimate of drug-likeness (QED) is 0.536. The van der Waals surface area contributed by atoms with Crippen molar-refractivity contribution in [3.05, 3.63) is 77.5 Å². The van der Waals surface area contributed by atoms with E-state index in [2.05, 4.69) is 4.72 Å². The lowest BCUT2D eigenvalue weighted by Gasteiger charge is -2.17. The summed E-state index contributed by atoms with van der Waals surface area (Å²) in [6.07, 6.45) is 1.28. The van der Waals surface area contributed by atoms with E-state index in [1.807, 2.05) is 0 Å². The molecule has 0 spiro atoms. The van der Waals surface area contributed by atoms with E-state index in [9.17, 15) is 21.2 Å². The number of furan rings is 1. The number of ether oxygens (including phenoxy) is 1. The van der Waals surface area contributed by atoms with Crippen LogP contribution in [0.3, 0.4) is 0 Å². The van der Waals surface area contributed by atoms with Crippen LogP contribution < -0.4 is 9.46 Å². The van der Waals surface area contributed by atoms with Crippen molar-refractivity contribution in [2.24, 2.45) is 0 Å². The summed E-state index contributed by atoms with van der Waals surface area (Å²) >= 11 is 5.82. The van der Waals surface area contributed by atoms with Crippen LogP contribution >= 0.6 is 11.6 Å². The molecule has 1 atom stereocenters. The first-order valence-corrected chi connectivity index (χ1v) is 11.9. The molecule has 0 aliphatic rings. The molecule has 0 amide bonds. The van der Waals surface area contributed by atoms with Crippen molar-refractivity contribution in [2.75, 3.05) is 13.7 Å². The van der Waals surface area contributed by atoms with E-state index in [1.54, 1.807) is 0 Å². The standard InChI is InChI=1S/C19H17ClFNO6S2/c1-27-17-9-8-15(11-16(17)21)30(25,26)22-12-19(18-3-2-10-28-18)29(23,24)14-6-4-13(20)5-7-14/h2-11,19,22H,12H2,1H3. The molecule has 0 fully saturated rings. The zero-order valence-corrected chi connectivity index (χ0v) is 18.0. The summed E-state index contributed by atoms with van der Waals surface area (Å²) in [4.78, 5) is -0.425. The normalized spacial score (nSPS) is 13.2. The van der Waals surface area contributed by atoms with Crippen LogP contribution in [0.5, 0.6) is 5.75 Å². The summed E-state index contributed by atoms with van der Waals surface area (Å²) in [5.74, 6) is -0.932. The van der Waals surface area contributed by atoms with Gasteiger partial charge in [-0.05, 0) is 54.6 Å². The Morgan fingerprint density at radius 3 is 2.30 bits per heavy atom. The number of rotatable bonds is 8. The van der Waals surface area contributed by atoms with Crippen LogP contribution in [0.15, 0.2) is 75.1 Å². The summed E-state index contributed by atoms with van der Waals surface area (Å²) in [7, 11) is -7.00. The Morgan fingerprint density at radius 1 is 1.07 bits per heavy atom. The van der Waals surface area contributed by atoms with Crippen molar-refractivity contribution in [2.45, 2.75) is 15.0 Å². The van der Waals surface area contributed by atoms with E-state index in [4.69, 9.17) is 20.8 Å². The van der Waals surface area contributed by atoms with Gasteiger partial charge in [0.2, 0.25) is 10.0 Å². The molecule has 1 aromatic heterocycles. The van der Waals surface area contributed by atoms with Crippen LogP contribution in [-0.4, -0.2) is 30.5 Å². The number of sulfonamides is 1. The fourth-order valence-electron chi connectivity index (χ4n) is 2.71. The molecule has 7 nitrogen and oxygen atoms in total. The molecule has 0 saturated heterocycles. The Hall–Kier alpha value is -2.40. The largest absolute Gasteiger partial charge is 0.494 e. The Bertz CT molecular complexity index is 1230. The van der Waals surface area contributed by atoms with Crippen LogP contribution in [0, 0.1) is 5.82 Å². The van der Waals surface area contributed by atoms with E-state index in [0.717, 1.165) is 12.1 Å². The molecule has 3 aromatic rings. The first-order valence-electron chi connectivity index (χ1n) is 8.51. The minimum Gasteiger partial charge on any atom is -0.494 e. The Balaban J connectivity index is 1.91. The lowest BCUT2D eigenvalue weighted by molar-refractivity contribution is 0.385. The van der Waals surface area contributed by atoms with Crippen molar-refractivity contribution < 1.29 is 30.4 Å². The number of benzene rings is 2. The Kier molecular flexibility index (Phi) is 6.51. The van der Waals surface area contributed by atoms with E-state index in [0.29, 0.717) is 5.02 Å². The summed E-state index contributed by atoms with van der Waals surface area (Å²) in [6.45, 7) is -0.533. The molecular formula is C19H17ClFNO6S2. The van der Waals surface area contributed by atoms with Gasteiger partial charge in [-0.3, -0.25) is 0 Å². The highest BCUT2D eigenvalue weighted by molar-refractivity contribution is 7.92. The minimum absolute atomic E-state index is 0.0496. The smallest absolute Gasteiger partial charge is 0.240 e. The van der Waals surface area contributed by atoms with Gasteiger partial charge < -0.3 is 9.15 Å². The Labute approximate surface area is 178 Å². The third-order valence-electron chi connectivity index (χ3n) is 4.27. The number of nitrogens with one attached hydrogen (secondary N) is 1. The first-order chi connectivity index (χ1) is 14.1. The maximum atomic E-state index is 13.9. The molecule has 160 valence electrons. The molecule has 1 unspecified atom stereocenters. The third-order valence-corrected chi connectivity index (χ3v) is 8.02. The average Bonchev–Trinajstić information content (AvgIpc) is 3.22. The zero-order valence-electron chi connectivity index (χ0n) is 15.6. The van der Waals surface area contributed by atoms with E-state index in [1.165, 1.54) is 55.8 Å². The zero-order chi connectivity index (χ0) is 21.9. The number of halogens is 2. The molecule has 0 aliphatic carbocycles. The maximum Gasteiger partial charge on any atom is 0.240 e. The summed E-state index contributed by atoms with van der Waals surface area (Å²) in [6, 6.07) is 11.5. The van der Waals surface area contributed by atoms with Crippen molar-refractivity contribution in [3.8, 4) is 5.75 Å². The first kappa shape index (κ1) is 22.3. The highest BCUT2D eigenvalue weighted by Gasteiger charge is 2.33. The van der Waals surface area contributed by atoms with E-state index < -0.39 is 37.5 Å². The molecule has 3 rings (SSSR count). The number of hydrogen-bond acceptors (Lipinski definition) is 6. The number of hydrogen-bond donors (Lipinski definition) is 1. The van der Waals surface area contributed by atoms with Gasteiger partial charge in [-0.15, -0.1) is 0 Å². The van der Waals surface area contributed by atoms with Crippen LogP contribution in [0.1, 0.15) is 11.0 Å². The molecule has 0 radical (unpaired) electrons. The second-order valence-electron chi connectivity index (χ2n) is 6.15. The lowest BCUT2D eigenvalue weighted by Crippen LogP contribution is -2.32. The molecule has 2 aromatic carbocycles. The maximum absolute atomic E-state index is 13.9. The molecule has 1 heterocycles. The van der Waals surface area contributed by atoms with Crippen molar-refractivity contribution in [1.82, 2.24) is 4.72 Å². The van der Waals surface area contributed by atoms with E-state index >= 15 is 0 Å². The van der Waals surface area contributed by atoms with Gasteiger partial charge in [-0.1, -0.05) is 11.6 Å². The van der Waals surface area contributed by atoms with Gasteiger partial charge >= 0.3 is 0 Å². The van der Waals surface area contributed by atoms with Crippen LogP contribution in [-0.2, 0) is 19.9 Å². The predicted octanol–water partition coefficient (Wildman–Crippen LogP) is 3.57. The summed E-state index contributed by atoms with van der Waals surface area (Å²) in [5, 5.41) is -1.00. The molecule has 11 heteroatoms. The van der Waals surface area contributed by atoms with Gasteiger partial charge in [0.05, 0.1) is 23.2 Å². The fraction of sp³-hybridized carbons (Fsp3) is 0.158. The highest BCUT2D eigenvalue weighted by Crippen LogP contribution is 2.30. The third kappa shape index (κ3) is 4.67. The van der Waals surface area contributed by atoms with Gasteiger partial charge in [0.15, 0.2) is 21.4 Å². The van der Waals surface area contributed by atoms with Gasteiger partial charge in [0.25, 0.3) is 0 Å². The Morgan fingerprint density at radius 2 is 1.73 bits per heavy atom. The highest BCUT2D eigenvalue weighted by atomic mass is 35.5. The molecule has 0 saturated carbocycles. The van der Waals surface area contributed by atoms with Crippen LogP contribution in [0.2, 0.25) is 5.02 Å². The SMILES string of the molecule is COc1ccc(S(=O)(=O)NCC(c2ccco2)S(=O)(=O)c2ccc(Cl)cc2)cc1F. The second-order valence-corrected chi connectivity index (χ2v) is 10.5. The number of methoxy groups -OCH3 is 1. The topological polar surface area (TPSA) is 103 Å². The van der Waals surface area contributed by atoms with Crippen molar-refractivity contribution in [3.63, 3.8) is 0 Å². The van der Waals surface area contributed by atoms with E-state index in [-0.39, 0.29) is 21.3 Å². The monoisotopic (exact) mass is 473 g/mol. The number of sulfone groups is 1. The van der Waals surface area contributed by atoms with Gasteiger partial charge in [0, 0.05) is 11.6 Å². The molecule has 1 N–H and O–H groups in total. The second kappa shape index (κ2) is 8.76. The summed E-state index contributed by atoms with van der Waals surface area (Å²) in [5.41, 5.74) is 0. The lowest BCUT2D eigenvalue weighted by atomic mass is 10.3. The van der Waals surface area contributed by atoms with Gasteiger partial charge in [0.1, 0.15) is 11.0 Å². The predicted molar refractivity (Wildman–Crippen MR) is 108 cm³/mol. The molecule has 0 aliphatic heterocycles. The van der Waals surface area contributed by atoms with Gasteiger partial charge in [-0.25, -0.2) is 25.9 Å². The fourth-order valence-corrected chi connectivity index (χ4v) is 5.59.